The molecular formula is C20H25N3O2. The highest BCUT2D eigenvalue weighted by Crippen LogP contribution is 2.35. The second kappa shape index (κ2) is 6.62. The van der Waals surface area contributed by atoms with E-state index in [9.17, 15) is 9.59 Å². The third-order valence-electron chi connectivity index (χ3n) is 5.91. The number of hydrogen-bond donors (Lipinski definition) is 0. The maximum atomic E-state index is 13.0. The van der Waals surface area contributed by atoms with Gasteiger partial charge in [0.25, 0.3) is 5.56 Å². The number of carbonyl (C=O) groups excluding carboxylic acids is 1. The molecule has 25 heavy (non-hydrogen) atoms. The largest absolute Gasteiger partial charge is 0.338 e. The number of likely N-dealkylation sites (tertiary alicyclic amines) is 1. The number of piperidine rings is 1. The Hall–Kier alpha value is -2.17. The van der Waals surface area contributed by atoms with Crippen LogP contribution in [0, 0.1) is 12.8 Å². The summed E-state index contributed by atoms with van der Waals surface area (Å²) in [6.07, 6.45) is 7.17. The van der Waals surface area contributed by atoms with E-state index in [1.165, 1.54) is 30.3 Å². The third-order valence-corrected chi connectivity index (χ3v) is 5.91. The molecule has 2 unspecified atom stereocenters. The number of aryl methyl sites for hydroxylation is 1. The molecule has 1 saturated heterocycles. The SMILES string of the molecule is Cc1nc2ccccc2c(=O)n1CC(=O)N1CCCC2CCCCC21. The van der Waals surface area contributed by atoms with E-state index in [0.29, 0.717) is 28.7 Å². The highest BCUT2D eigenvalue weighted by Gasteiger charge is 2.35. The van der Waals surface area contributed by atoms with Gasteiger partial charge in [-0.15, -0.1) is 0 Å². The molecule has 1 amide bonds. The van der Waals surface area contributed by atoms with Gasteiger partial charge >= 0.3 is 0 Å². The summed E-state index contributed by atoms with van der Waals surface area (Å²) in [4.78, 5) is 32.4. The number of nitrogens with zero attached hydrogens (tertiary/aromatic N) is 3. The number of aromatic nitrogens is 2. The summed E-state index contributed by atoms with van der Waals surface area (Å²) in [5, 5.41) is 0.579. The monoisotopic (exact) mass is 339 g/mol. The molecule has 132 valence electrons. The Bertz CT molecular complexity index is 856. The van der Waals surface area contributed by atoms with Crippen molar-refractivity contribution in [2.75, 3.05) is 6.54 Å². The van der Waals surface area contributed by atoms with Crippen LogP contribution in [-0.4, -0.2) is 32.9 Å². The number of carbonyl (C=O) groups is 1. The molecule has 5 heteroatoms. The van der Waals surface area contributed by atoms with Crippen LogP contribution >= 0.6 is 0 Å². The number of amides is 1. The smallest absolute Gasteiger partial charge is 0.261 e. The lowest BCUT2D eigenvalue weighted by molar-refractivity contribution is -0.138. The van der Waals surface area contributed by atoms with Gasteiger partial charge in [-0.1, -0.05) is 25.0 Å². The summed E-state index contributed by atoms with van der Waals surface area (Å²) in [7, 11) is 0. The highest BCUT2D eigenvalue weighted by atomic mass is 16.2. The van der Waals surface area contributed by atoms with Crippen molar-refractivity contribution in [3.05, 3.63) is 40.4 Å². The summed E-state index contributed by atoms with van der Waals surface area (Å²) < 4.78 is 1.54. The number of benzene rings is 1. The Kier molecular flexibility index (Phi) is 4.32. The zero-order valence-electron chi connectivity index (χ0n) is 14.8. The van der Waals surface area contributed by atoms with Crippen LogP contribution in [0.2, 0.25) is 0 Å². The first kappa shape index (κ1) is 16.3. The molecule has 0 N–H and O–H groups in total. The zero-order chi connectivity index (χ0) is 17.4. The number of rotatable bonds is 2. The second-order valence-corrected chi connectivity index (χ2v) is 7.41. The first-order valence-electron chi connectivity index (χ1n) is 9.41. The van der Waals surface area contributed by atoms with Gasteiger partial charge in [-0.2, -0.15) is 0 Å². The van der Waals surface area contributed by atoms with Gasteiger partial charge in [0.1, 0.15) is 12.4 Å². The van der Waals surface area contributed by atoms with Crippen LogP contribution in [0.3, 0.4) is 0 Å². The Labute approximate surface area is 147 Å². The lowest BCUT2D eigenvalue weighted by Crippen LogP contribution is -2.51. The summed E-state index contributed by atoms with van der Waals surface area (Å²) in [6, 6.07) is 7.71. The molecule has 0 radical (unpaired) electrons. The fourth-order valence-electron chi connectivity index (χ4n) is 4.63. The Morgan fingerprint density at radius 1 is 1.16 bits per heavy atom. The van der Waals surface area contributed by atoms with Crippen LogP contribution in [0.1, 0.15) is 44.3 Å². The Morgan fingerprint density at radius 2 is 1.92 bits per heavy atom. The molecule has 1 aromatic carbocycles. The minimum atomic E-state index is -0.117. The highest BCUT2D eigenvalue weighted by molar-refractivity contribution is 5.79. The first-order chi connectivity index (χ1) is 12.1. The average Bonchev–Trinajstić information content (AvgIpc) is 2.64. The third kappa shape index (κ3) is 2.96. The first-order valence-corrected chi connectivity index (χ1v) is 9.41. The van der Waals surface area contributed by atoms with Crippen molar-refractivity contribution in [3.8, 4) is 0 Å². The standard InChI is InChI=1S/C20H25N3O2/c1-14-21-17-10-4-3-9-16(17)20(25)23(14)13-19(24)22-12-6-8-15-7-2-5-11-18(15)22/h3-4,9-10,15,18H,2,5-8,11-13H2,1H3. The van der Waals surface area contributed by atoms with Crippen molar-refractivity contribution >= 4 is 16.8 Å². The quantitative estimate of drug-likeness (QED) is 0.845. The number of hydrogen-bond acceptors (Lipinski definition) is 3. The summed E-state index contributed by atoms with van der Waals surface area (Å²) in [5.74, 6) is 1.33. The molecule has 1 aromatic heterocycles. The van der Waals surface area contributed by atoms with E-state index in [0.717, 1.165) is 19.4 Å². The summed E-state index contributed by atoms with van der Waals surface area (Å²) in [6.45, 7) is 2.74. The molecule has 5 nitrogen and oxygen atoms in total. The van der Waals surface area contributed by atoms with Gasteiger partial charge < -0.3 is 4.90 Å². The van der Waals surface area contributed by atoms with Crippen molar-refractivity contribution in [1.29, 1.82) is 0 Å². The second-order valence-electron chi connectivity index (χ2n) is 7.41. The number of fused-ring (bicyclic) bond motifs is 2. The van der Waals surface area contributed by atoms with Crippen molar-refractivity contribution < 1.29 is 4.79 Å². The lowest BCUT2D eigenvalue weighted by atomic mass is 9.78. The van der Waals surface area contributed by atoms with E-state index >= 15 is 0 Å². The fraction of sp³-hybridized carbons (Fsp3) is 0.550. The molecule has 2 atom stereocenters. The van der Waals surface area contributed by atoms with Crippen LogP contribution in [-0.2, 0) is 11.3 Å². The van der Waals surface area contributed by atoms with E-state index in [4.69, 9.17) is 0 Å². The molecule has 2 aliphatic rings. The van der Waals surface area contributed by atoms with Crippen LogP contribution in [0.15, 0.2) is 29.1 Å². The minimum absolute atomic E-state index is 0.0684. The molecule has 0 spiro atoms. The van der Waals surface area contributed by atoms with E-state index in [2.05, 4.69) is 4.98 Å². The van der Waals surface area contributed by atoms with Gasteiger partial charge in [-0.25, -0.2) is 4.98 Å². The van der Waals surface area contributed by atoms with Gasteiger partial charge in [0.05, 0.1) is 10.9 Å². The van der Waals surface area contributed by atoms with Gasteiger partial charge in [0.2, 0.25) is 5.91 Å². The Balaban J connectivity index is 1.62. The van der Waals surface area contributed by atoms with Crippen LogP contribution in [0.4, 0.5) is 0 Å². The zero-order valence-corrected chi connectivity index (χ0v) is 14.8. The molecule has 4 rings (SSSR count). The maximum absolute atomic E-state index is 13.0. The van der Waals surface area contributed by atoms with Crippen LogP contribution < -0.4 is 5.56 Å². The number of para-hydroxylation sites is 1. The molecular weight excluding hydrogens is 314 g/mol. The van der Waals surface area contributed by atoms with Crippen LogP contribution in [0.5, 0.6) is 0 Å². The summed E-state index contributed by atoms with van der Waals surface area (Å²) >= 11 is 0. The fourth-order valence-corrected chi connectivity index (χ4v) is 4.63. The van der Waals surface area contributed by atoms with Gasteiger partial charge in [-0.05, 0) is 50.7 Å². The van der Waals surface area contributed by atoms with Crippen molar-refractivity contribution in [2.45, 2.75) is 58.0 Å². The Morgan fingerprint density at radius 3 is 2.80 bits per heavy atom. The van der Waals surface area contributed by atoms with Crippen molar-refractivity contribution in [1.82, 2.24) is 14.5 Å². The van der Waals surface area contributed by atoms with E-state index in [1.54, 1.807) is 13.0 Å². The van der Waals surface area contributed by atoms with Gasteiger partial charge in [0.15, 0.2) is 0 Å². The topological polar surface area (TPSA) is 55.2 Å². The maximum Gasteiger partial charge on any atom is 0.261 e. The van der Waals surface area contributed by atoms with E-state index < -0.39 is 0 Å². The van der Waals surface area contributed by atoms with Crippen molar-refractivity contribution in [2.24, 2.45) is 5.92 Å². The minimum Gasteiger partial charge on any atom is -0.338 e. The molecule has 2 fully saturated rings. The predicted molar refractivity (Wildman–Crippen MR) is 97.4 cm³/mol. The molecule has 1 saturated carbocycles. The van der Waals surface area contributed by atoms with E-state index in [-0.39, 0.29) is 18.0 Å². The predicted octanol–water partition coefficient (Wildman–Crippen LogP) is 2.89. The lowest BCUT2D eigenvalue weighted by Gasteiger charge is -2.44. The molecule has 1 aliphatic carbocycles. The normalized spacial score (nSPS) is 23.5. The van der Waals surface area contributed by atoms with Gasteiger partial charge in [-0.3, -0.25) is 14.2 Å². The molecule has 1 aliphatic heterocycles. The molecule has 2 heterocycles. The molecule has 0 bridgehead atoms. The molecule has 2 aromatic rings. The average molecular weight is 339 g/mol. The summed E-state index contributed by atoms with van der Waals surface area (Å²) in [5.41, 5.74) is 0.577. The van der Waals surface area contributed by atoms with Crippen LogP contribution in [0.25, 0.3) is 10.9 Å². The van der Waals surface area contributed by atoms with E-state index in [1.807, 2.05) is 23.1 Å². The van der Waals surface area contributed by atoms with Gasteiger partial charge in [0, 0.05) is 12.6 Å². The van der Waals surface area contributed by atoms with Crippen molar-refractivity contribution in [3.63, 3.8) is 0 Å².